The highest BCUT2D eigenvalue weighted by Crippen LogP contribution is 2.24. The molecule has 0 radical (unpaired) electrons. The molecule has 2 aromatic rings. The van der Waals surface area contributed by atoms with E-state index in [1.807, 2.05) is 0 Å². The van der Waals surface area contributed by atoms with Gasteiger partial charge in [-0.15, -0.1) is 0 Å². The van der Waals surface area contributed by atoms with Gasteiger partial charge in [0.2, 0.25) is 6.10 Å². The average Bonchev–Trinajstić information content (AvgIpc) is 3.55. The molecule has 2 aromatic carbocycles. The van der Waals surface area contributed by atoms with Crippen LogP contribution in [-0.2, 0) is 24.4 Å². The third kappa shape index (κ3) is 5.00. The third-order valence-electron chi connectivity index (χ3n) is 4.47. The zero-order chi connectivity index (χ0) is 21.0. The summed E-state index contributed by atoms with van der Waals surface area (Å²) >= 11 is 0. The molecule has 0 heterocycles. The maximum atomic E-state index is 12.6. The molecule has 29 heavy (non-hydrogen) atoms. The SMILES string of the molecule is CON(C)S(=O)(=O)c1ccc(C(=O)O[C@@H](C(=O)NC2CC2)c2ccccc2)cc1. The number of nitrogens with zero attached hydrogens (tertiary/aromatic N) is 1. The van der Waals surface area contributed by atoms with Crippen molar-refractivity contribution in [3.8, 4) is 0 Å². The number of esters is 1. The molecule has 1 aliphatic rings. The van der Waals surface area contributed by atoms with Crippen LogP contribution in [0.2, 0.25) is 0 Å². The van der Waals surface area contributed by atoms with Gasteiger partial charge in [0.25, 0.3) is 15.9 Å². The largest absolute Gasteiger partial charge is 0.444 e. The van der Waals surface area contributed by atoms with E-state index in [4.69, 9.17) is 9.57 Å². The predicted octanol–water partition coefficient (Wildman–Crippen LogP) is 2.05. The summed E-state index contributed by atoms with van der Waals surface area (Å²) in [5.74, 6) is -1.11. The Balaban J connectivity index is 1.78. The first-order valence-corrected chi connectivity index (χ1v) is 10.5. The minimum absolute atomic E-state index is 0.0375. The number of amides is 1. The number of nitrogens with one attached hydrogen (secondary N) is 1. The summed E-state index contributed by atoms with van der Waals surface area (Å²) in [5, 5.41) is 2.84. The molecule has 1 fully saturated rings. The van der Waals surface area contributed by atoms with Gasteiger partial charge in [0.05, 0.1) is 17.6 Å². The van der Waals surface area contributed by atoms with E-state index in [2.05, 4.69) is 5.32 Å². The molecule has 1 atom stereocenters. The zero-order valence-corrected chi connectivity index (χ0v) is 16.9. The van der Waals surface area contributed by atoms with Gasteiger partial charge in [-0.1, -0.05) is 34.8 Å². The van der Waals surface area contributed by atoms with Crippen LogP contribution in [-0.4, -0.2) is 45.0 Å². The number of carbonyl (C=O) groups excluding carboxylic acids is 2. The van der Waals surface area contributed by atoms with Crippen LogP contribution >= 0.6 is 0 Å². The molecule has 1 saturated carbocycles. The second kappa shape index (κ2) is 8.73. The van der Waals surface area contributed by atoms with Crippen molar-refractivity contribution in [2.75, 3.05) is 14.2 Å². The summed E-state index contributed by atoms with van der Waals surface area (Å²) in [7, 11) is -1.32. The van der Waals surface area contributed by atoms with E-state index in [1.165, 1.54) is 38.4 Å². The van der Waals surface area contributed by atoms with Crippen LogP contribution in [0.25, 0.3) is 0 Å². The number of hydrogen-bond acceptors (Lipinski definition) is 6. The number of hydroxylamine groups is 1. The number of ether oxygens (including phenoxy) is 1. The first kappa shape index (κ1) is 21.0. The number of hydrogen-bond donors (Lipinski definition) is 1. The van der Waals surface area contributed by atoms with E-state index in [-0.39, 0.29) is 22.4 Å². The van der Waals surface area contributed by atoms with Crippen molar-refractivity contribution < 1.29 is 27.6 Å². The van der Waals surface area contributed by atoms with Gasteiger partial charge in [0.1, 0.15) is 0 Å². The van der Waals surface area contributed by atoms with E-state index in [0.717, 1.165) is 12.8 Å². The van der Waals surface area contributed by atoms with Crippen molar-refractivity contribution >= 4 is 21.9 Å². The van der Waals surface area contributed by atoms with Gasteiger partial charge >= 0.3 is 5.97 Å². The van der Waals surface area contributed by atoms with Crippen molar-refractivity contribution in [3.63, 3.8) is 0 Å². The Bertz CT molecular complexity index is 972. The van der Waals surface area contributed by atoms with Gasteiger partial charge in [-0.2, -0.15) is 0 Å². The van der Waals surface area contributed by atoms with Crippen molar-refractivity contribution in [2.24, 2.45) is 0 Å². The van der Waals surface area contributed by atoms with Gasteiger partial charge in [0, 0.05) is 18.7 Å². The number of benzene rings is 2. The smallest absolute Gasteiger partial charge is 0.339 e. The van der Waals surface area contributed by atoms with E-state index in [9.17, 15) is 18.0 Å². The fraction of sp³-hybridized carbons (Fsp3) is 0.300. The van der Waals surface area contributed by atoms with Crippen molar-refractivity contribution in [2.45, 2.75) is 29.9 Å². The molecule has 0 unspecified atom stereocenters. The Morgan fingerprint density at radius 2 is 1.69 bits per heavy atom. The number of sulfonamides is 1. The quantitative estimate of drug-likeness (QED) is 0.520. The Morgan fingerprint density at radius 1 is 1.07 bits per heavy atom. The minimum Gasteiger partial charge on any atom is -0.444 e. The lowest BCUT2D eigenvalue weighted by atomic mass is 10.1. The fourth-order valence-corrected chi connectivity index (χ4v) is 3.56. The molecule has 0 bridgehead atoms. The standard InChI is InChI=1S/C20H22N2O6S/c1-22(27-2)29(25,26)17-12-8-15(9-13-17)20(24)28-18(14-6-4-3-5-7-14)19(23)21-16-10-11-16/h3-9,12-13,16,18H,10-11H2,1-2H3,(H,21,23)/t18-/m1/s1. The molecule has 1 aliphatic carbocycles. The molecule has 0 saturated heterocycles. The van der Waals surface area contributed by atoms with Crippen molar-refractivity contribution in [1.29, 1.82) is 0 Å². The van der Waals surface area contributed by atoms with E-state index >= 15 is 0 Å². The normalized spacial score (nSPS) is 15.0. The summed E-state index contributed by atoms with van der Waals surface area (Å²) in [6, 6.07) is 14.1. The first-order chi connectivity index (χ1) is 13.8. The molecule has 8 nitrogen and oxygen atoms in total. The Kier molecular flexibility index (Phi) is 6.31. The highest BCUT2D eigenvalue weighted by atomic mass is 32.2. The first-order valence-electron chi connectivity index (χ1n) is 9.02. The van der Waals surface area contributed by atoms with Gasteiger partial charge in [-0.05, 0) is 37.1 Å². The molecule has 154 valence electrons. The maximum Gasteiger partial charge on any atom is 0.339 e. The zero-order valence-electron chi connectivity index (χ0n) is 16.1. The lowest BCUT2D eigenvalue weighted by Gasteiger charge is -2.18. The maximum absolute atomic E-state index is 12.6. The molecule has 0 aromatic heterocycles. The van der Waals surface area contributed by atoms with Crippen LogP contribution in [0.15, 0.2) is 59.5 Å². The summed E-state index contributed by atoms with van der Waals surface area (Å²) in [4.78, 5) is 29.8. The fourth-order valence-electron chi connectivity index (χ4n) is 2.59. The van der Waals surface area contributed by atoms with E-state index in [1.54, 1.807) is 30.3 Å². The highest BCUT2D eigenvalue weighted by Gasteiger charge is 2.31. The van der Waals surface area contributed by atoms with Crippen LogP contribution in [0.1, 0.15) is 34.9 Å². The minimum atomic E-state index is -3.82. The van der Waals surface area contributed by atoms with Crippen molar-refractivity contribution in [1.82, 2.24) is 9.79 Å². The highest BCUT2D eigenvalue weighted by molar-refractivity contribution is 7.89. The van der Waals surface area contributed by atoms with Crippen molar-refractivity contribution in [3.05, 3.63) is 65.7 Å². The topological polar surface area (TPSA) is 102 Å². The van der Waals surface area contributed by atoms with Gasteiger partial charge in [-0.3, -0.25) is 9.63 Å². The third-order valence-corrected chi connectivity index (χ3v) is 6.17. The summed E-state index contributed by atoms with van der Waals surface area (Å²) < 4.78 is 30.7. The molecular formula is C20H22N2O6S. The van der Waals surface area contributed by atoms with Crippen LogP contribution in [0.3, 0.4) is 0 Å². The molecule has 1 N–H and O–H groups in total. The molecule has 0 spiro atoms. The summed E-state index contributed by atoms with van der Waals surface area (Å²) in [6.07, 6.45) is 0.729. The lowest BCUT2D eigenvalue weighted by Crippen LogP contribution is -2.33. The summed E-state index contributed by atoms with van der Waals surface area (Å²) in [5.41, 5.74) is 0.684. The Hall–Kier alpha value is -2.75. The second-order valence-corrected chi connectivity index (χ2v) is 8.54. The van der Waals surface area contributed by atoms with Crippen LogP contribution in [0.5, 0.6) is 0 Å². The Labute approximate surface area is 169 Å². The van der Waals surface area contributed by atoms with Gasteiger partial charge < -0.3 is 10.1 Å². The number of carbonyl (C=O) groups is 2. The van der Waals surface area contributed by atoms with E-state index in [0.29, 0.717) is 10.0 Å². The lowest BCUT2D eigenvalue weighted by molar-refractivity contribution is -0.130. The predicted molar refractivity (Wildman–Crippen MR) is 104 cm³/mol. The molecule has 9 heteroatoms. The van der Waals surface area contributed by atoms with Gasteiger partial charge in [0.15, 0.2) is 0 Å². The average molecular weight is 418 g/mol. The molecule has 3 rings (SSSR count). The van der Waals surface area contributed by atoms with Gasteiger partial charge in [-0.25, -0.2) is 13.2 Å². The second-order valence-electron chi connectivity index (χ2n) is 6.60. The van der Waals surface area contributed by atoms with Crippen LogP contribution in [0, 0.1) is 0 Å². The molecule has 1 amide bonds. The van der Waals surface area contributed by atoms with E-state index < -0.39 is 22.1 Å². The molecular weight excluding hydrogens is 396 g/mol. The Morgan fingerprint density at radius 3 is 2.24 bits per heavy atom. The van der Waals surface area contributed by atoms with Crippen LogP contribution in [0.4, 0.5) is 0 Å². The number of rotatable bonds is 8. The molecule has 0 aliphatic heterocycles. The monoisotopic (exact) mass is 418 g/mol. The summed E-state index contributed by atoms with van der Waals surface area (Å²) in [6.45, 7) is 0. The van der Waals surface area contributed by atoms with Crippen LogP contribution < -0.4 is 5.32 Å².